The van der Waals surface area contributed by atoms with E-state index in [0.29, 0.717) is 44.5 Å². The molecule has 1 saturated carbocycles. The lowest BCUT2D eigenvalue weighted by molar-refractivity contribution is -0.162. The second kappa shape index (κ2) is 11.5. The molecule has 2 unspecified atom stereocenters. The predicted molar refractivity (Wildman–Crippen MR) is 116 cm³/mol. The van der Waals surface area contributed by atoms with Crippen molar-refractivity contribution in [3.8, 4) is 0 Å². The van der Waals surface area contributed by atoms with Gasteiger partial charge in [0, 0.05) is 58.2 Å². The summed E-state index contributed by atoms with van der Waals surface area (Å²) >= 11 is 0. The molecule has 1 aromatic rings. The number of hydrogen-bond donors (Lipinski definition) is 2. The Morgan fingerprint density at radius 3 is 2.79 bits per heavy atom. The van der Waals surface area contributed by atoms with E-state index >= 15 is 8.78 Å². The molecule has 2 N–H and O–H groups in total. The van der Waals surface area contributed by atoms with Gasteiger partial charge in [0.05, 0.1) is 11.6 Å². The summed E-state index contributed by atoms with van der Waals surface area (Å²) in [5.74, 6) is -5.48. The van der Waals surface area contributed by atoms with Gasteiger partial charge in [0.15, 0.2) is 0 Å². The minimum atomic E-state index is -3.56. The van der Waals surface area contributed by atoms with Crippen LogP contribution >= 0.6 is 0 Å². The predicted octanol–water partition coefficient (Wildman–Crippen LogP) is 1.67. The smallest absolute Gasteiger partial charge is 0.326 e. The first-order valence-electron chi connectivity index (χ1n) is 11.9. The second-order valence-corrected chi connectivity index (χ2v) is 8.97. The van der Waals surface area contributed by atoms with E-state index in [1.807, 2.05) is 0 Å². The number of halogens is 2. The number of hydrogen-bond acceptors (Lipinski definition) is 5. The van der Waals surface area contributed by atoms with Gasteiger partial charge < -0.3 is 15.5 Å². The number of carbonyl (C=O) groups is 3. The molecule has 1 aromatic heterocycles. The maximum Gasteiger partial charge on any atom is 0.326 e. The van der Waals surface area contributed by atoms with Gasteiger partial charge in [-0.2, -0.15) is 8.78 Å². The fraction of sp³-hybridized carbons (Fsp3) is 0.773. The van der Waals surface area contributed by atoms with Crippen molar-refractivity contribution in [3.63, 3.8) is 0 Å². The molecule has 2 heterocycles. The number of aryl methyl sites for hydroxylation is 1. The van der Waals surface area contributed by atoms with Gasteiger partial charge in [0.25, 0.3) is 5.91 Å². The molecule has 9 nitrogen and oxygen atoms in total. The number of nitrogens with one attached hydrogen (secondary N) is 2. The summed E-state index contributed by atoms with van der Waals surface area (Å²) in [7, 11) is 0. The van der Waals surface area contributed by atoms with Crippen LogP contribution in [-0.2, 0) is 27.3 Å². The van der Waals surface area contributed by atoms with Crippen molar-refractivity contribution in [2.24, 2.45) is 5.92 Å². The molecule has 11 heteroatoms. The highest BCUT2D eigenvalue weighted by molar-refractivity contribution is 5.85. The fourth-order valence-electron chi connectivity index (χ4n) is 4.64. The lowest BCUT2D eigenvalue weighted by atomic mass is 9.99. The minimum Gasteiger partial charge on any atom is -0.356 e. The number of rotatable bonds is 7. The van der Waals surface area contributed by atoms with E-state index in [2.05, 4.69) is 20.9 Å². The summed E-state index contributed by atoms with van der Waals surface area (Å²) in [6, 6.07) is -0.478. The van der Waals surface area contributed by atoms with Crippen molar-refractivity contribution in [2.75, 3.05) is 19.6 Å². The van der Waals surface area contributed by atoms with Crippen LogP contribution in [0.3, 0.4) is 0 Å². The third kappa shape index (κ3) is 6.94. The summed E-state index contributed by atoms with van der Waals surface area (Å²) in [6.45, 7) is 2.48. The van der Waals surface area contributed by atoms with Gasteiger partial charge >= 0.3 is 5.92 Å². The van der Waals surface area contributed by atoms with Gasteiger partial charge in [0.2, 0.25) is 11.8 Å². The normalized spacial score (nSPS) is 22.3. The Labute approximate surface area is 192 Å². The molecule has 184 valence electrons. The van der Waals surface area contributed by atoms with Gasteiger partial charge in [0.1, 0.15) is 0 Å². The van der Waals surface area contributed by atoms with Crippen molar-refractivity contribution in [1.82, 2.24) is 30.5 Å². The lowest BCUT2D eigenvalue weighted by Crippen LogP contribution is -2.52. The molecule has 0 spiro atoms. The SMILES string of the molecule is CC(=O)NCCc1cn(CCC(F)(F)C(=O)N2CCCCCCNC(=O)C3CCCC32)nn1. The molecular formula is C22H34F2N6O3. The van der Waals surface area contributed by atoms with E-state index in [4.69, 9.17) is 0 Å². The highest BCUT2D eigenvalue weighted by Crippen LogP contribution is 2.34. The number of aromatic nitrogens is 3. The van der Waals surface area contributed by atoms with Crippen LogP contribution in [0.1, 0.15) is 64.0 Å². The molecule has 0 aromatic carbocycles. The van der Waals surface area contributed by atoms with Crippen LogP contribution in [0, 0.1) is 5.92 Å². The van der Waals surface area contributed by atoms with E-state index in [1.54, 1.807) is 6.20 Å². The summed E-state index contributed by atoms with van der Waals surface area (Å²) in [6.07, 6.45) is 6.47. The number of amides is 3. The molecule has 3 amide bonds. The van der Waals surface area contributed by atoms with E-state index < -0.39 is 30.2 Å². The third-order valence-electron chi connectivity index (χ3n) is 6.41. The van der Waals surface area contributed by atoms with Crippen LogP contribution in [0.2, 0.25) is 0 Å². The summed E-state index contributed by atoms with van der Waals surface area (Å²) in [5.41, 5.74) is 0.574. The van der Waals surface area contributed by atoms with Gasteiger partial charge in [-0.3, -0.25) is 19.1 Å². The maximum absolute atomic E-state index is 15.0. The van der Waals surface area contributed by atoms with Crippen molar-refractivity contribution < 1.29 is 23.2 Å². The number of fused-ring (bicyclic) bond motifs is 1. The Morgan fingerprint density at radius 2 is 2.00 bits per heavy atom. The zero-order chi connectivity index (χ0) is 23.8. The first-order chi connectivity index (χ1) is 15.8. The highest BCUT2D eigenvalue weighted by atomic mass is 19.3. The Hall–Kier alpha value is -2.59. The lowest BCUT2D eigenvalue weighted by Gasteiger charge is -2.35. The van der Waals surface area contributed by atoms with Gasteiger partial charge in [-0.1, -0.05) is 24.5 Å². The molecule has 33 heavy (non-hydrogen) atoms. The molecule has 1 aliphatic heterocycles. The van der Waals surface area contributed by atoms with Crippen molar-refractivity contribution in [2.45, 2.75) is 83.2 Å². The van der Waals surface area contributed by atoms with Crippen LogP contribution in [0.4, 0.5) is 8.78 Å². The molecule has 3 rings (SSSR count). The zero-order valence-electron chi connectivity index (χ0n) is 19.2. The first-order valence-corrected chi connectivity index (χ1v) is 11.9. The van der Waals surface area contributed by atoms with Crippen LogP contribution in [0.15, 0.2) is 6.20 Å². The molecule has 0 bridgehead atoms. The van der Waals surface area contributed by atoms with Crippen LogP contribution < -0.4 is 10.6 Å². The van der Waals surface area contributed by atoms with Crippen LogP contribution in [-0.4, -0.2) is 69.2 Å². The monoisotopic (exact) mass is 468 g/mol. The fourth-order valence-corrected chi connectivity index (χ4v) is 4.64. The number of nitrogens with zero attached hydrogens (tertiary/aromatic N) is 4. The number of alkyl halides is 2. The van der Waals surface area contributed by atoms with Gasteiger partial charge in [-0.25, -0.2) is 0 Å². The molecule has 1 aliphatic carbocycles. The quantitative estimate of drug-likeness (QED) is 0.633. The second-order valence-electron chi connectivity index (χ2n) is 8.97. The summed E-state index contributed by atoms with van der Waals surface area (Å²) in [5, 5.41) is 13.3. The molecular weight excluding hydrogens is 434 g/mol. The maximum atomic E-state index is 15.0. The summed E-state index contributed by atoms with van der Waals surface area (Å²) < 4.78 is 31.4. The van der Waals surface area contributed by atoms with Crippen LogP contribution in [0.25, 0.3) is 0 Å². The Balaban J connectivity index is 1.63. The molecule has 1 saturated heterocycles. The molecule has 2 fully saturated rings. The highest BCUT2D eigenvalue weighted by Gasteiger charge is 2.47. The minimum absolute atomic E-state index is 0.130. The average Bonchev–Trinajstić information content (AvgIpc) is 3.42. The largest absolute Gasteiger partial charge is 0.356 e. The van der Waals surface area contributed by atoms with Crippen LogP contribution in [0.5, 0.6) is 0 Å². The van der Waals surface area contributed by atoms with E-state index in [0.717, 1.165) is 25.7 Å². The van der Waals surface area contributed by atoms with Crippen molar-refractivity contribution in [3.05, 3.63) is 11.9 Å². The Kier molecular flexibility index (Phi) is 8.74. The molecule has 2 atom stereocenters. The Bertz CT molecular complexity index is 831. The topological polar surface area (TPSA) is 109 Å². The Morgan fingerprint density at radius 1 is 1.21 bits per heavy atom. The zero-order valence-corrected chi connectivity index (χ0v) is 19.2. The van der Waals surface area contributed by atoms with Gasteiger partial charge in [-0.15, -0.1) is 5.10 Å². The third-order valence-corrected chi connectivity index (χ3v) is 6.41. The molecule has 2 aliphatic rings. The van der Waals surface area contributed by atoms with E-state index in [9.17, 15) is 14.4 Å². The summed E-state index contributed by atoms with van der Waals surface area (Å²) in [4.78, 5) is 37.8. The average molecular weight is 469 g/mol. The standard InChI is InChI=1S/C22H34F2N6O3/c1-16(31)25-12-9-17-15-29(28-27-17)14-10-22(23,24)21(33)30-13-5-3-2-4-11-26-20(32)18-7-6-8-19(18)30/h15,18-19H,2-14H2,1H3,(H,25,31)(H,26,32). The number of carbonyl (C=O) groups excluding carboxylic acids is 3. The van der Waals surface area contributed by atoms with E-state index in [-0.39, 0.29) is 24.9 Å². The van der Waals surface area contributed by atoms with Crippen molar-refractivity contribution in [1.29, 1.82) is 0 Å². The van der Waals surface area contributed by atoms with Crippen molar-refractivity contribution >= 4 is 17.7 Å². The van der Waals surface area contributed by atoms with E-state index in [1.165, 1.54) is 16.5 Å². The molecule has 0 radical (unpaired) electrons. The van der Waals surface area contributed by atoms with Gasteiger partial charge in [-0.05, 0) is 25.7 Å². The first kappa shape index (κ1) is 25.0.